The lowest BCUT2D eigenvalue weighted by Gasteiger charge is -2.31. The molecule has 1 heterocycles. The molecule has 1 aliphatic carbocycles. The van der Waals surface area contributed by atoms with E-state index in [4.69, 9.17) is 9.47 Å². The van der Waals surface area contributed by atoms with Gasteiger partial charge in [-0.2, -0.15) is 0 Å². The molecule has 0 aromatic rings. The zero-order chi connectivity index (χ0) is 9.80. The van der Waals surface area contributed by atoms with Gasteiger partial charge < -0.3 is 14.8 Å². The van der Waals surface area contributed by atoms with Gasteiger partial charge in [-0.15, -0.1) is 0 Å². The van der Waals surface area contributed by atoms with E-state index in [1.54, 1.807) is 0 Å². The SMILES string of the molecule is CCCNC(C1CC1)C1COCCO1. The molecule has 3 heteroatoms. The number of ether oxygens (including phenoxy) is 2. The molecule has 0 radical (unpaired) electrons. The molecule has 14 heavy (non-hydrogen) atoms. The third-order valence-electron chi connectivity index (χ3n) is 3.00. The summed E-state index contributed by atoms with van der Waals surface area (Å²) in [6.45, 7) is 5.61. The van der Waals surface area contributed by atoms with Crippen molar-refractivity contribution >= 4 is 0 Å². The molecule has 2 atom stereocenters. The van der Waals surface area contributed by atoms with E-state index in [2.05, 4.69) is 12.2 Å². The van der Waals surface area contributed by atoms with E-state index < -0.39 is 0 Å². The fourth-order valence-electron chi connectivity index (χ4n) is 2.08. The van der Waals surface area contributed by atoms with Crippen LogP contribution in [0, 0.1) is 5.92 Å². The van der Waals surface area contributed by atoms with Gasteiger partial charge >= 0.3 is 0 Å². The molecule has 0 bridgehead atoms. The molecular formula is C11H21NO2. The normalized spacial score (nSPS) is 30.2. The van der Waals surface area contributed by atoms with Gasteiger partial charge in [0.25, 0.3) is 0 Å². The molecule has 0 aromatic carbocycles. The maximum atomic E-state index is 5.75. The van der Waals surface area contributed by atoms with E-state index in [-0.39, 0.29) is 0 Å². The van der Waals surface area contributed by atoms with Crippen LogP contribution in [0.5, 0.6) is 0 Å². The topological polar surface area (TPSA) is 30.5 Å². The van der Waals surface area contributed by atoms with Crippen molar-refractivity contribution < 1.29 is 9.47 Å². The van der Waals surface area contributed by atoms with Gasteiger partial charge in [-0.25, -0.2) is 0 Å². The summed E-state index contributed by atoms with van der Waals surface area (Å²) >= 11 is 0. The summed E-state index contributed by atoms with van der Waals surface area (Å²) in [5, 5.41) is 3.60. The fourth-order valence-corrected chi connectivity index (χ4v) is 2.08. The Kier molecular flexibility index (Phi) is 3.79. The molecule has 1 saturated heterocycles. The molecule has 1 saturated carbocycles. The van der Waals surface area contributed by atoms with Crippen LogP contribution in [0.25, 0.3) is 0 Å². The van der Waals surface area contributed by atoms with Crippen LogP contribution in [-0.4, -0.2) is 38.5 Å². The van der Waals surface area contributed by atoms with Crippen molar-refractivity contribution in [2.75, 3.05) is 26.4 Å². The lowest BCUT2D eigenvalue weighted by atomic mass is 10.1. The van der Waals surface area contributed by atoms with E-state index >= 15 is 0 Å². The number of rotatable bonds is 5. The molecule has 2 fully saturated rings. The lowest BCUT2D eigenvalue weighted by Crippen LogP contribution is -2.48. The predicted molar refractivity (Wildman–Crippen MR) is 55.4 cm³/mol. The Bertz CT molecular complexity index is 165. The van der Waals surface area contributed by atoms with E-state index in [9.17, 15) is 0 Å². The first-order valence-corrected chi connectivity index (χ1v) is 5.84. The third-order valence-corrected chi connectivity index (χ3v) is 3.00. The monoisotopic (exact) mass is 199 g/mol. The Morgan fingerprint density at radius 1 is 1.36 bits per heavy atom. The second kappa shape index (κ2) is 5.10. The molecule has 2 rings (SSSR count). The van der Waals surface area contributed by atoms with E-state index in [0.29, 0.717) is 12.1 Å². The first kappa shape index (κ1) is 10.4. The highest BCUT2D eigenvalue weighted by Crippen LogP contribution is 2.35. The van der Waals surface area contributed by atoms with Gasteiger partial charge in [-0.1, -0.05) is 6.92 Å². The molecule has 2 aliphatic rings. The number of hydrogen-bond acceptors (Lipinski definition) is 3. The zero-order valence-electron chi connectivity index (χ0n) is 9.00. The molecule has 0 aromatic heterocycles. The van der Waals surface area contributed by atoms with Crippen LogP contribution in [0.1, 0.15) is 26.2 Å². The smallest absolute Gasteiger partial charge is 0.0964 e. The molecule has 0 amide bonds. The molecular weight excluding hydrogens is 178 g/mol. The summed E-state index contributed by atoms with van der Waals surface area (Å²) < 4.78 is 11.2. The van der Waals surface area contributed by atoms with Gasteiger partial charge in [0.05, 0.1) is 25.9 Å². The van der Waals surface area contributed by atoms with E-state index in [1.807, 2.05) is 0 Å². The highest BCUT2D eigenvalue weighted by atomic mass is 16.6. The van der Waals surface area contributed by atoms with Crippen molar-refractivity contribution in [3.63, 3.8) is 0 Å². The Morgan fingerprint density at radius 3 is 2.79 bits per heavy atom. The second-order valence-corrected chi connectivity index (χ2v) is 4.30. The van der Waals surface area contributed by atoms with Crippen molar-refractivity contribution in [3.8, 4) is 0 Å². The minimum atomic E-state index is 0.294. The van der Waals surface area contributed by atoms with Gasteiger partial charge in [0.2, 0.25) is 0 Å². The van der Waals surface area contributed by atoms with Crippen LogP contribution < -0.4 is 5.32 Å². The molecule has 0 spiro atoms. The summed E-state index contributed by atoms with van der Waals surface area (Å²) in [5.74, 6) is 0.841. The summed E-state index contributed by atoms with van der Waals surface area (Å²) in [4.78, 5) is 0. The Balaban J connectivity index is 1.81. The van der Waals surface area contributed by atoms with Gasteiger partial charge in [-0.3, -0.25) is 0 Å². The Labute approximate surface area is 86.2 Å². The van der Waals surface area contributed by atoms with Crippen LogP contribution in [-0.2, 0) is 9.47 Å². The molecule has 1 aliphatic heterocycles. The van der Waals surface area contributed by atoms with Crippen molar-refractivity contribution in [3.05, 3.63) is 0 Å². The minimum Gasteiger partial charge on any atom is -0.376 e. The molecule has 82 valence electrons. The zero-order valence-corrected chi connectivity index (χ0v) is 9.00. The quantitative estimate of drug-likeness (QED) is 0.721. The summed E-state index contributed by atoms with van der Waals surface area (Å²) in [7, 11) is 0. The standard InChI is InChI=1S/C11H21NO2/c1-2-5-12-11(9-3-4-9)10-8-13-6-7-14-10/h9-12H,2-8H2,1H3. The van der Waals surface area contributed by atoms with Crippen molar-refractivity contribution in [1.29, 1.82) is 0 Å². The highest BCUT2D eigenvalue weighted by molar-refractivity contribution is 4.92. The van der Waals surface area contributed by atoms with Crippen LogP contribution in [0.2, 0.25) is 0 Å². The highest BCUT2D eigenvalue weighted by Gasteiger charge is 2.37. The van der Waals surface area contributed by atoms with Gasteiger partial charge in [0, 0.05) is 6.04 Å². The first-order valence-electron chi connectivity index (χ1n) is 5.84. The fraction of sp³-hybridized carbons (Fsp3) is 1.00. The summed E-state index contributed by atoms with van der Waals surface area (Å²) in [6.07, 6.45) is 4.21. The Hall–Kier alpha value is -0.120. The van der Waals surface area contributed by atoms with Crippen molar-refractivity contribution in [2.45, 2.75) is 38.3 Å². The average molecular weight is 199 g/mol. The maximum absolute atomic E-state index is 5.75. The molecule has 1 N–H and O–H groups in total. The van der Waals surface area contributed by atoms with E-state index in [1.165, 1.54) is 19.3 Å². The average Bonchev–Trinajstić information content (AvgIpc) is 3.04. The maximum Gasteiger partial charge on any atom is 0.0964 e. The van der Waals surface area contributed by atoms with Gasteiger partial charge in [-0.05, 0) is 31.7 Å². The molecule has 2 unspecified atom stereocenters. The van der Waals surface area contributed by atoms with Crippen molar-refractivity contribution in [1.82, 2.24) is 5.32 Å². The van der Waals surface area contributed by atoms with Crippen LogP contribution in [0.3, 0.4) is 0 Å². The Morgan fingerprint density at radius 2 is 2.21 bits per heavy atom. The second-order valence-electron chi connectivity index (χ2n) is 4.30. The van der Waals surface area contributed by atoms with Gasteiger partial charge in [0.1, 0.15) is 0 Å². The van der Waals surface area contributed by atoms with Crippen molar-refractivity contribution in [2.24, 2.45) is 5.92 Å². The lowest BCUT2D eigenvalue weighted by molar-refractivity contribution is -0.104. The number of hydrogen-bond donors (Lipinski definition) is 1. The first-order chi connectivity index (χ1) is 6.92. The third kappa shape index (κ3) is 2.69. The van der Waals surface area contributed by atoms with E-state index in [0.717, 1.165) is 32.3 Å². The predicted octanol–water partition coefficient (Wildman–Crippen LogP) is 1.18. The summed E-state index contributed by atoms with van der Waals surface area (Å²) in [6, 6.07) is 0.537. The van der Waals surface area contributed by atoms with Gasteiger partial charge in [0.15, 0.2) is 0 Å². The van der Waals surface area contributed by atoms with Crippen LogP contribution in [0.4, 0.5) is 0 Å². The van der Waals surface area contributed by atoms with Crippen LogP contribution in [0.15, 0.2) is 0 Å². The number of nitrogens with one attached hydrogen (secondary N) is 1. The minimum absolute atomic E-state index is 0.294. The summed E-state index contributed by atoms with van der Waals surface area (Å²) in [5.41, 5.74) is 0. The molecule has 3 nitrogen and oxygen atoms in total. The van der Waals surface area contributed by atoms with Crippen LogP contribution >= 0.6 is 0 Å². The largest absolute Gasteiger partial charge is 0.376 e.